The van der Waals surface area contributed by atoms with Crippen LogP contribution in [0.15, 0.2) is 47.4 Å². The molecule has 0 aromatic heterocycles. The minimum Gasteiger partial charge on any atom is -0.454 e. The zero-order valence-corrected chi connectivity index (χ0v) is 17.8. The molecule has 29 heavy (non-hydrogen) atoms. The molecule has 0 bridgehead atoms. The largest absolute Gasteiger partial charge is 0.454 e. The van der Waals surface area contributed by atoms with Crippen LogP contribution in [-0.4, -0.2) is 44.2 Å². The van der Waals surface area contributed by atoms with Crippen molar-refractivity contribution in [2.75, 3.05) is 19.7 Å². The highest BCUT2D eigenvalue weighted by molar-refractivity contribution is 7.89. The maximum absolute atomic E-state index is 13.0. The van der Waals surface area contributed by atoms with E-state index >= 15 is 0 Å². The third-order valence-corrected chi connectivity index (χ3v) is 7.11. The third kappa shape index (κ3) is 4.98. The standard InChI is InChI=1S/C20H19Cl2NO5S/c21-14-8-9-15(17(22)12-14)18(24)13-28-20(25)16-6-2-3-7-19(16)29(26,27)23-10-4-1-5-11-23/h2-3,6-9,12H,1,4-5,10-11,13H2. The number of ketones is 1. The molecule has 2 aromatic rings. The Kier molecular flexibility index (Phi) is 6.95. The fourth-order valence-corrected chi connectivity index (χ4v) is 5.32. The Balaban J connectivity index is 1.77. The first kappa shape index (κ1) is 21.8. The molecular weight excluding hydrogens is 437 g/mol. The zero-order chi connectivity index (χ0) is 21.0. The van der Waals surface area contributed by atoms with Gasteiger partial charge in [0, 0.05) is 23.7 Å². The molecule has 1 fully saturated rings. The van der Waals surface area contributed by atoms with Gasteiger partial charge in [-0.05, 0) is 43.2 Å². The number of nitrogens with zero attached hydrogens (tertiary/aromatic N) is 1. The van der Waals surface area contributed by atoms with Gasteiger partial charge < -0.3 is 4.74 Å². The number of carbonyl (C=O) groups excluding carboxylic acids is 2. The summed E-state index contributed by atoms with van der Waals surface area (Å²) in [7, 11) is -3.83. The van der Waals surface area contributed by atoms with Gasteiger partial charge in [-0.3, -0.25) is 4.79 Å². The number of sulfonamides is 1. The van der Waals surface area contributed by atoms with Gasteiger partial charge in [0.2, 0.25) is 15.8 Å². The lowest BCUT2D eigenvalue weighted by Crippen LogP contribution is -2.36. The van der Waals surface area contributed by atoms with Crippen LogP contribution in [0.5, 0.6) is 0 Å². The quantitative estimate of drug-likeness (QED) is 0.481. The van der Waals surface area contributed by atoms with Crippen molar-refractivity contribution in [1.82, 2.24) is 4.31 Å². The molecule has 1 saturated heterocycles. The molecule has 0 unspecified atom stereocenters. The number of carbonyl (C=O) groups is 2. The molecule has 2 aromatic carbocycles. The van der Waals surface area contributed by atoms with Crippen molar-refractivity contribution in [2.24, 2.45) is 0 Å². The molecule has 0 aliphatic carbocycles. The van der Waals surface area contributed by atoms with Crippen molar-refractivity contribution in [3.8, 4) is 0 Å². The molecule has 1 aliphatic heterocycles. The molecule has 3 rings (SSSR count). The SMILES string of the molecule is O=C(COC(=O)c1ccccc1S(=O)(=O)N1CCCCC1)c1ccc(Cl)cc1Cl. The lowest BCUT2D eigenvalue weighted by atomic mass is 10.1. The topological polar surface area (TPSA) is 80.8 Å². The molecule has 0 saturated carbocycles. The highest BCUT2D eigenvalue weighted by atomic mass is 35.5. The highest BCUT2D eigenvalue weighted by Gasteiger charge is 2.30. The van der Waals surface area contributed by atoms with Crippen molar-refractivity contribution < 1.29 is 22.7 Å². The van der Waals surface area contributed by atoms with Gasteiger partial charge >= 0.3 is 5.97 Å². The number of piperidine rings is 1. The molecule has 0 radical (unpaired) electrons. The van der Waals surface area contributed by atoms with Gasteiger partial charge in [0.05, 0.1) is 15.5 Å². The molecule has 9 heteroatoms. The lowest BCUT2D eigenvalue weighted by molar-refractivity contribution is 0.0471. The summed E-state index contributed by atoms with van der Waals surface area (Å²) in [6.45, 7) is 0.261. The maximum Gasteiger partial charge on any atom is 0.339 e. The number of hydrogen-bond acceptors (Lipinski definition) is 5. The number of benzene rings is 2. The monoisotopic (exact) mass is 455 g/mol. The van der Waals surface area contributed by atoms with Crippen LogP contribution in [0.2, 0.25) is 10.0 Å². The van der Waals surface area contributed by atoms with Crippen molar-refractivity contribution in [2.45, 2.75) is 24.2 Å². The highest BCUT2D eigenvalue weighted by Crippen LogP contribution is 2.25. The lowest BCUT2D eigenvalue weighted by Gasteiger charge is -2.26. The number of halogens is 2. The fraction of sp³-hybridized carbons (Fsp3) is 0.300. The Labute approximate surface area is 179 Å². The Morgan fingerprint density at radius 3 is 2.34 bits per heavy atom. The average molecular weight is 456 g/mol. The van der Waals surface area contributed by atoms with Crippen molar-refractivity contribution in [3.05, 3.63) is 63.6 Å². The van der Waals surface area contributed by atoms with Gasteiger partial charge in [0.15, 0.2) is 6.61 Å². The summed E-state index contributed by atoms with van der Waals surface area (Å²) in [6.07, 6.45) is 2.54. The van der Waals surface area contributed by atoms with Gasteiger partial charge in [0.25, 0.3) is 0 Å². The zero-order valence-electron chi connectivity index (χ0n) is 15.4. The Morgan fingerprint density at radius 2 is 1.66 bits per heavy atom. The van der Waals surface area contributed by atoms with Crippen LogP contribution in [-0.2, 0) is 14.8 Å². The second kappa shape index (κ2) is 9.26. The van der Waals surface area contributed by atoms with Gasteiger partial charge in [-0.25, -0.2) is 13.2 Å². The number of rotatable bonds is 6. The average Bonchev–Trinajstić information content (AvgIpc) is 2.72. The van der Waals surface area contributed by atoms with Crippen LogP contribution in [0.25, 0.3) is 0 Å². The Hall–Kier alpha value is -1.93. The summed E-state index contributed by atoms with van der Waals surface area (Å²) >= 11 is 11.8. The van der Waals surface area contributed by atoms with E-state index in [9.17, 15) is 18.0 Å². The summed E-state index contributed by atoms with van der Waals surface area (Å²) in [5, 5.41) is 0.520. The first-order chi connectivity index (χ1) is 13.8. The maximum atomic E-state index is 13.0. The molecule has 1 heterocycles. The van der Waals surface area contributed by atoms with Crippen molar-refractivity contribution >= 4 is 45.0 Å². The van der Waals surface area contributed by atoms with E-state index in [0.717, 1.165) is 19.3 Å². The molecule has 6 nitrogen and oxygen atoms in total. The van der Waals surface area contributed by atoms with Gasteiger partial charge in [0.1, 0.15) is 0 Å². The number of esters is 1. The van der Waals surface area contributed by atoms with Crippen LogP contribution in [0.1, 0.15) is 40.0 Å². The molecule has 0 N–H and O–H groups in total. The predicted octanol–water partition coefficient (Wildman–Crippen LogP) is 4.21. The van der Waals surface area contributed by atoms with E-state index in [1.165, 1.54) is 34.6 Å². The van der Waals surface area contributed by atoms with Crippen LogP contribution in [0.4, 0.5) is 0 Å². The fourth-order valence-electron chi connectivity index (χ4n) is 3.11. The Bertz CT molecular complexity index is 1030. The van der Waals surface area contributed by atoms with Crippen LogP contribution < -0.4 is 0 Å². The second-order valence-electron chi connectivity index (χ2n) is 6.58. The predicted molar refractivity (Wildman–Crippen MR) is 110 cm³/mol. The summed E-state index contributed by atoms with van der Waals surface area (Å²) < 4.78 is 32.4. The number of hydrogen-bond donors (Lipinski definition) is 0. The van der Waals surface area contributed by atoms with E-state index in [1.807, 2.05) is 0 Å². The van der Waals surface area contributed by atoms with E-state index in [0.29, 0.717) is 18.1 Å². The summed E-state index contributed by atoms with van der Waals surface area (Å²) in [4.78, 5) is 24.7. The van der Waals surface area contributed by atoms with Gasteiger partial charge in [-0.15, -0.1) is 0 Å². The smallest absolute Gasteiger partial charge is 0.339 e. The molecular formula is C20H19Cl2NO5S. The van der Waals surface area contributed by atoms with E-state index in [2.05, 4.69) is 0 Å². The summed E-state index contributed by atoms with van der Waals surface area (Å²) in [5.41, 5.74) is 0.0613. The third-order valence-electron chi connectivity index (χ3n) is 4.61. The van der Waals surface area contributed by atoms with Crippen LogP contribution in [0, 0.1) is 0 Å². The van der Waals surface area contributed by atoms with Crippen LogP contribution in [0.3, 0.4) is 0 Å². The van der Waals surface area contributed by atoms with Gasteiger partial charge in [-0.2, -0.15) is 4.31 Å². The van der Waals surface area contributed by atoms with Crippen LogP contribution >= 0.6 is 23.2 Å². The normalized spacial score (nSPS) is 15.1. The first-order valence-electron chi connectivity index (χ1n) is 9.05. The van der Waals surface area contributed by atoms with Crippen molar-refractivity contribution in [3.63, 3.8) is 0 Å². The second-order valence-corrected chi connectivity index (χ2v) is 9.33. The summed E-state index contributed by atoms with van der Waals surface area (Å²) in [5.74, 6) is -1.41. The number of ether oxygens (including phenoxy) is 1. The minimum atomic E-state index is -3.83. The first-order valence-corrected chi connectivity index (χ1v) is 11.2. The number of Topliss-reactive ketones (excluding diaryl/α,β-unsaturated/α-hetero) is 1. The van der Waals surface area contributed by atoms with E-state index < -0.39 is 28.4 Å². The van der Waals surface area contributed by atoms with Crippen molar-refractivity contribution in [1.29, 1.82) is 0 Å². The molecule has 0 amide bonds. The van der Waals surface area contributed by atoms with E-state index in [1.54, 1.807) is 12.1 Å². The molecule has 0 atom stereocenters. The van der Waals surface area contributed by atoms with Gasteiger partial charge in [-0.1, -0.05) is 41.8 Å². The molecule has 0 spiro atoms. The van der Waals surface area contributed by atoms with E-state index in [-0.39, 0.29) is 21.0 Å². The minimum absolute atomic E-state index is 0.104. The molecule has 154 valence electrons. The Morgan fingerprint density at radius 1 is 0.966 bits per heavy atom. The van der Waals surface area contributed by atoms with E-state index in [4.69, 9.17) is 27.9 Å². The molecule has 1 aliphatic rings. The summed E-state index contributed by atoms with van der Waals surface area (Å²) in [6, 6.07) is 10.2.